The van der Waals surface area contributed by atoms with E-state index < -0.39 is 40.8 Å². The van der Waals surface area contributed by atoms with Crippen LogP contribution in [0.5, 0.6) is 0 Å². The first-order valence-electron chi connectivity index (χ1n) is 6.63. The van der Waals surface area contributed by atoms with Crippen LogP contribution in [0.4, 0.5) is 23.2 Å². The summed E-state index contributed by atoms with van der Waals surface area (Å²) in [5.74, 6) is -7.63. The molecule has 0 aliphatic rings. The largest absolute Gasteiger partial charge is 0.328 e. The molecule has 0 saturated carbocycles. The summed E-state index contributed by atoms with van der Waals surface area (Å²) in [6, 6.07) is 0.0827. The van der Waals surface area contributed by atoms with Gasteiger partial charge in [-0.25, -0.2) is 17.6 Å². The normalized spacial score (nSPS) is 13.9. The second kappa shape index (κ2) is 7.40. The molecule has 0 heterocycles. The fourth-order valence-electron chi connectivity index (χ4n) is 1.81. The first kappa shape index (κ1) is 17.4. The van der Waals surface area contributed by atoms with E-state index in [0.717, 1.165) is 0 Å². The number of anilines is 1. The van der Waals surface area contributed by atoms with Crippen molar-refractivity contribution in [1.82, 2.24) is 0 Å². The van der Waals surface area contributed by atoms with Crippen LogP contribution in [-0.2, 0) is 4.79 Å². The molecule has 7 heteroatoms. The van der Waals surface area contributed by atoms with E-state index in [-0.39, 0.29) is 12.1 Å². The Balaban J connectivity index is 2.75. The molecule has 2 unspecified atom stereocenters. The van der Waals surface area contributed by atoms with Crippen molar-refractivity contribution >= 4 is 11.6 Å². The summed E-state index contributed by atoms with van der Waals surface area (Å²) in [7, 11) is 0. The van der Waals surface area contributed by atoms with Gasteiger partial charge in [-0.2, -0.15) is 0 Å². The van der Waals surface area contributed by atoms with Crippen LogP contribution >= 0.6 is 0 Å². The fourth-order valence-corrected chi connectivity index (χ4v) is 1.81. The number of halogens is 4. The van der Waals surface area contributed by atoms with Crippen LogP contribution in [0.2, 0.25) is 0 Å². The Bertz CT molecular complexity index is 494. The zero-order valence-electron chi connectivity index (χ0n) is 11.9. The van der Waals surface area contributed by atoms with E-state index >= 15 is 0 Å². The number of nitrogens with two attached hydrogens (primary N) is 1. The van der Waals surface area contributed by atoms with Gasteiger partial charge in [0.05, 0.1) is 0 Å². The molecular formula is C14H18F4N2O. The molecule has 3 nitrogen and oxygen atoms in total. The highest BCUT2D eigenvalue weighted by Crippen LogP contribution is 2.25. The van der Waals surface area contributed by atoms with Crippen molar-refractivity contribution in [3.05, 3.63) is 29.3 Å². The van der Waals surface area contributed by atoms with Crippen molar-refractivity contribution in [1.29, 1.82) is 0 Å². The van der Waals surface area contributed by atoms with E-state index in [2.05, 4.69) is 0 Å². The molecule has 0 spiro atoms. The number of hydrogen-bond acceptors (Lipinski definition) is 2. The van der Waals surface area contributed by atoms with E-state index in [9.17, 15) is 22.4 Å². The number of nitrogens with one attached hydrogen (secondary N) is 1. The average Bonchev–Trinajstić information content (AvgIpc) is 2.40. The first-order chi connectivity index (χ1) is 9.73. The van der Waals surface area contributed by atoms with Crippen LogP contribution in [0.25, 0.3) is 0 Å². The summed E-state index contributed by atoms with van der Waals surface area (Å²) in [5, 5.41) is 1.90. The van der Waals surface area contributed by atoms with Gasteiger partial charge in [-0.1, -0.05) is 13.3 Å². The van der Waals surface area contributed by atoms with Crippen LogP contribution in [0.3, 0.4) is 0 Å². The average molecular weight is 306 g/mol. The van der Waals surface area contributed by atoms with Crippen LogP contribution in [-0.4, -0.2) is 11.9 Å². The van der Waals surface area contributed by atoms with Crippen molar-refractivity contribution in [2.75, 3.05) is 5.32 Å². The van der Waals surface area contributed by atoms with Gasteiger partial charge in [0.2, 0.25) is 5.91 Å². The molecule has 0 radical (unpaired) electrons. The molecule has 1 amide bonds. The molecule has 0 bridgehead atoms. The van der Waals surface area contributed by atoms with Crippen molar-refractivity contribution in [3.63, 3.8) is 0 Å². The second-order valence-corrected chi connectivity index (χ2v) is 5.14. The summed E-state index contributed by atoms with van der Waals surface area (Å²) < 4.78 is 52.9. The number of hydrogen-bond donors (Lipinski definition) is 2. The van der Waals surface area contributed by atoms with Gasteiger partial charge >= 0.3 is 0 Å². The molecule has 0 aliphatic heterocycles. The van der Waals surface area contributed by atoms with Crippen LogP contribution in [0.15, 0.2) is 6.07 Å². The molecule has 118 valence electrons. The Morgan fingerprint density at radius 2 is 1.67 bits per heavy atom. The quantitative estimate of drug-likeness (QED) is 0.625. The Kier molecular flexibility index (Phi) is 6.14. The third-order valence-corrected chi connectivity index (χ3v) is 3.10. The minimum atomic E-state index is -1.62. The molecule has 1 rings (SSSR count). The summed E-state index contributed by atoms with van der Waals surface area (Å²) in [6.45, 7) is 3.38. The molecule has 0 aromatic heterocycles. The summed E-state index contributed by atoms with van der Waals surface area (Å²) >= 11 is 0. The van der Waals surface area contributed by atoms with E-state index in [4.69, 9.17) is 5.73 Å². The molecular weight excluding hydrogens is 288 g/mol. The summed E-state index contributed by atoms with van der Waals surface area (Å²) in [6.07, 6.45) is 1.82. The van der Waals surface area contributed by atoms with Gasteiger partial charge in [0.15, 0.2) is 23.3 Å². The van der Waals surface area contributed by atoms with Gasteiger partial charge in [0.25, 0.3) is 0 Å². The van der Waals surface area contributed by atoms with Gasteiger partial charge in [-0.3, -0.25) is 4.79 Å². The van der Waals surface area contributed by atoms with Crippen LogP contribution in [0.1, 0.15) is 33.1 Å². The van der Waals surface area contributed by atoms with Crippen molar-refractivity contribution in [3.8, 4) is 0 Å². The monoisotopic (exact) mass is 306 g/mol. The predicted molar refractivity (Wildman–Crippen MR) is 71.6 cm³/mol. The van der Waals surface area contributed by atoms with Gasteiger partial charge < -0.3 is 11.1 Å². The number of benzene rings is 1. The van der Waals surface area contributed by atoms with Crippen molar-refractivity contribution < 1.29 is 22.4 Å². The van der Waals surface area contributed by atoms with E-state index in [0.29, 0.717) is 19.3 Å². The minimum absolute atomic E-state index is 0.00698. The lowest BCUT2D eigenvalue weighted by molar-refractivity contribution is -0.119. The number of carbonyl (C=O) groups is 1. The topological polar surface area (TPSA) is 55.1 Å². The third-order valence-electron chi connectivity index (χ3n) is 3.10. The lowest BCUT2D eigenvalue weighted by atomic mass is 10.0. The number of rotatable bonds is 6. The van der Waals surface area contributed by atoms with Crippen LogP contribution < -0.4 is 11.1 Å². The first-order valence-corrected chi connectivity index (χ1v) is 6.63. The third kappa shape index (κ3) is 4.70. The zero-order valence-corrected chi connectivity index (χ0v) is 11.9. The van der Waals surface area contributed by atoms with E-state index in [1.165, 1.54) is 0 Å². The molecule has 0 fully saturated rings. The predicted octanol–water partition coefficient (Wildman–Crippen LogP) is 3.34. The number of amides is 1. The van der Waals surface area contributed by atoms with E-state index in [1.807, 2.05) is 12.2 Å². The van der Waals surface area contributed by atoms with Crippen molar-refractivity contribution in [2.24, 2.45) is 11.7 Å². The van der Waals surface area contributed by atoms with Gasteiger partial charge in [0.1, 0.15) is 5.69 Å². The molecule has 0 aliphatic carbocycles. The summed E-state index contributed by atoms with van der Waals surface area (Å²) in [4.78, 5) is 11.8. The minimum Gasteiger partial charge on any atom is -0.328 e. The van der Waals surface area contributed by atoms with E-state index in [1.54, 1.807) is 6.92 Å². The smallest absolute Gasteiger partial charge is 0.227 e. The Morgan fingerprint density at radius 3 is 2.14 bits per heavy atom. The molecule has 2 atom stereocenters. The fraction of sp³-hybridized carbons (Fsp3) is 0.500. The zero-order chi connectivity index (χ0) is 16.2. The van der Waals surface area contributed by atoms with Gasteiger partial charge in [-0.05, 0) is 19.8 Å². The maximum Gasteiger partial charge on any atom is 0.227 e. The second-order valence-electron chi connectivity index (χ2n) is 5.14. The maximum absolute atomic E-state index is 13.4. The molecule has 0 saturated heterocycles. The lowest BCUT2D eigenvalue weighted by Gasteiger charge is -2.14. The Morgan fingerprint density at radius 1 is 1.14 bits per heavy atom. The highest BCUT2D eigenvalue weighted by atomic mass is 19.2. The Labute approximate surface area is 120 Å². The van der Waals surface area contributed by atoms with Gasteiger partial charge in [-0.15, -0.1) is 0 Å². The molecule has 21 heavy (non-hydrogen) atoms. The standard InChI is InChI=1S/C14H18F4N2O/c1-7(4-3-5-8(2)19)14(21)20-13-11(17)9(15)6-10(16)12(13)18/h6-8H,3-5,19H2,1-2H3,(H,20,21). The Hall–Kier alpha value is -1.63. The SMILES string of the molecule is CC(N)CCCC(C)C(=O)Nc1c(F)c(F)cc(F)c1F. The van der Waals surface area contributed by atoms with Crippen LogP contribution in [0, 0.1) is 29.2 Å². The summed E-state index contributed by atoms with van der Waals surface area (Å²) in [5.41, 5.74) is 4.47. The lowest BCUT2D eigenvalue weighted by Crippen LogP contribution is -2.23. The van der Waals surface area contributed by atoms with Gasteiger partial charge in [0, 0.05) is 18.0 Å². The maximum atomic E-state index is 13.4. The highest BCUT2D eigenvalue weighted by Gasteiger charge is 2.22. The molecule has 1 aromatic rings. The highest BCUT2D eigenvalue weighted by molar-refractivity contribution is 5.92. The van der Waals surface area contributed by atoms with Crippen molar-refractivity contribution in [2.45, 2.75) is 39.2 Å². The number of carbonyl (C=O) groups excluding carboxylic acids is 1. The molecule has 3 N–H and O–H groups in total. The molecule has 1 aromatic carbocycles.